The average Bonchev–Trinajstić information content (AvgIpc) is 2.64. The van der Waals surface area contributed by atoms with Gasteiger partial charge in [0.25, 0.3) is 0 Å². The van der Waals surface area contributed by atoms with E-state index in [0.29, 0.717) is 19.5 Å². The first kappa shape index (κ1) is 18.4. The standard InChI is InChI=1S/C19H20FN3O2/c20-17-7-1-2-8-18(17)25-13-4-9-19(24)23(12-5-10-21)15-16-6-3-11-22-14-16/h1-3,6-8,11,14H,4-5,9,12-13,15H2. The normalized spacial score (nSPS) is 10.1. The fourth-order valence-corrected chi connectivity index (χ4v) is 2.31. The Labute approximate surface area is 146 Å². The lowest BCUT2D eigenvalue weighted by atomic mass is 10.2. The highest BCUT2D eigenvalue weighted by molar-refractivity contribution is 5.76. The first-order valence-corrected chi connectivity index (χ1v) is 8.11. The molecule has 0 aliphatic heterocycles. The Kier molecular flexibility index (Phi) is 7.39. The quantitative estimate of drug-likeness (QED) is 0.656. The summed E-state index contributed by atoms with van der Waals surface area (Å²) < 4.78 is 18.8. The third-order valence-electron chi connectivity index (χ3n) is 3.57. The van der Waals surface area contributed by atoms with E-state index < -0.39 is 5.82 Å². The van der Waals surface area contributed by atoms with Crippen LogP contribution in [0.1, 0.15) is 24.8 Å². The van der Waals surface area contributed by atoms with Gasteiger partial charge in [0.1, 0.15) is 0 Å². The fourth-order valence-electron chi connectivity index (χ4n) is 2.31. The zero-order chi connectivity index (χ0) is 17.9. The molecule has 0 saturated heterocycles. The minimum atomic E-state index is -0.416. The number of carbonyl (C=O) groups excluding carboxylic acids is 1. The molecule has 2 rings (SSSR count). The van der Waals surface area contributed by atoms with Gasteiger partial charge in [0.15, 0.2) is 11.6 Å². The zero-order valence-corrected chi connectivity index (χ0v) is 13.9. The number of halogens is 1. The first-order chi connectivity index (χ1) is 12.2. The number of para-hydroxylation sites is 1. The number of nitrogens with zero attached hydrogens (tertiary/aromatic N) is 3. The fraction of sp³-hybridized carbons (Fsp3) is 0.316. The van der Waals surface area contributed by atoms with Crippen molar-refractivity contribution in [3.8, 4) is 11.8 Å². The van der Waals surface area contributed by atoms with Crippen molar-refractivity contribution in [3.63, 3.8) is 0 Å². The number of hydrogen-bond donors (Lipinski definition) is 0. The maximum atomic E-state index is 13.4. The topological polar surface area (TPSA) is 66.2 Å². The van der Waals surface area contributed by atoms with E-state index in [2.05, 4.69) is 11.1 Å². The third kappa shape index (κ3) is 6.22. The number of hydrogen-bond acceptors (Lipinski definition) is 4. The number of aromatic nitrogens is 1. The molecule has 0 fully saturated rings. The van der Waals surface area contributed by atoms with E-state index in [1.165, 1.54) is 6.07 Å². The lowest BCUT2D eigenvalue weighted by molar-refractivity contribution is -0.132. The molecule has 0 spiro atoms. The molecule has 0 atom stereocenters. The molecule has 0 aliphatic carbocycles. The highest BCUT2D eigenvalue weighted by Gasteiger charge is 2.14. The smallest absolute Gasteiger partial charge is 0.223 e. The summed E-state index contributed by atoms with van der Waals surface area (Å²) in [4.78, 5) is 18.1. The van der Waals surface area contributed by atoms with Gasteiger partial charge in [-0.25, -0.2) is 4.39 Å². The molecule has 0 N–H and O–H groups in total. The third-order valence-corrected chi connectivity index (χ3v) is 3.57. The van der Waals surface area contributed by atoms with Crippen LogP contribution in [0, 0.1) is 17.1 Å². The van der Waals surface area contributed by atoms with Crippen LogP contribution in [-0.2, 0) is 11.3 Å². The summed E-state index contributed by atoms with van der Waals surface area (Å²) in [6.45, 7) is 1.05. The predicted molar refractivity (Wildman–Crippen MR) is 91.0 cm³/mol. The highest BCUT2D eigenvalue weighted by atomic mass is 19.1. The second-order valence-corrected chi connectivity index (χ2v) is 5.47. The summed E-state index contributed by atoms with van der Waals surface area (Å²) in [6, 6.07) is 11.9. The van der Waals surface area contributed by atoms with E-state index in [9.17, 15) is 9.18 Å². The molecule has 1 heterocycles. The Hall–Kier alpha value is -2.94. The summed E-state index contributed by atoms with van der Waals surface area (Å²) in [5.74, 6) is -0.288. The molecule has 6 heteroatoms. The summed E-state index contributed by atoms with van der Waals surface area (Å²) in [5.41, 5.74) is 0.913. The van der Waals surface area contributed by atoms with Gasteiger partial charge in [-0.2, -0.15) is 5.26 Å². The van der Waals surface area contributed by atoms with Gasteiger partial charge in [-0.15, -0.1) is 0 Å². The molecule has 1 aromatic heterocycles. The van der Waals surface area contributed by atoms with Crippen LogP contribution in [-0.4, -0.2) is 28.9 Å². The molecule has 0 aliphatic rings. The van der Waals surface area contributed by atoms with Crippen molar-refractivity contribution in [3.05, 3.63) is 60.2 Å². The second kappa shape index (κ2) is 10.0. The molecule has 2 aromatic rings. The number of nitriles is 1. The van der Waals surface area contributed by atoms with Gasteiger partial charge >= 0.3 is 0 Å². The Balaban J connectivity index is 1.82. The summed E-state index contributed by atoms with van der Waals surface area (Å²) >= 11 is 0. The van der Waals surface area contributed by atoms with Gasteiger partial charge in [0, 0.05) is 31.9 Å². The van der Waals surface area contributed by atoms with Crippen molar-refractivity contribution in [1.29, 1.82) is 5.26 Å². The Morgan fingerprint density at radius 3 is 2.84 bits per heavy atom. The summed E-state index contributed by atoms with van der Waals surface area (Å²) in [7, 11) is 0. The molecule has 25 heavy (non-hydrogen) atoms. The van der Waals surface area contributed by atoms with E-state index in [1.807, 2.05) is 12.1 Å². The molecule has 0 unspecified atom stereocenters. The molecule has 0 radical (unpaired) electrons. The molecule has 5 nitrogen and oxygen atoms in total. The van der Waals surface area contributed by atoms with E-state index in [0.717, 1.165) is 5.56 Å². The Bertz CT molecular complexity index is 716. The number of amides is 1. The van der Waals surface area contributed by atoms with Gasteiger partial charge in [-0.3, -0.25) is 9.78 Å². The highest BCUT2D eigenvalue weighted by Crippen LogP contribution is 2.16. The van der Waals surface area contributed by atoms with Crippen molar-refractivity contribution < 1.29 is 13.9 Å². The first-order valence-electron chi connectivity index (χ1n) is 8.11. The minimum absolute atomic E-state index is 0.0590. The molecule has 0 saturated carbocycles. The van der Waals surface area contributed by atoms with Crippen molar-refractivity contribution in [2.24, 2.45) is 0 Å². The van der Waals surface area contributed by atoms with Crippen molar-refractivity contribution in [2.75, 3.05) is 13.2 Å². The van der Waals surface area contributed by atoms with Crippen LogP contribution in [0.3, 0.4) is 0 Å². The number of ether oxygens (including phenoxy) is 1. The number of rotatable bonds is 9. The van der Waals surface area contributed by atoms with Crippen LogP contribution in [0.5, 0.6) is 5.75 Å². The van der Waals surface area contributed by atoms with Crippen LogP contribution >= 0.6 is 0 Å². The molecule has 1 aromatic carbocycles. The minimum Gasteiger partial charge on any atom is -0.491 e. The summed E-state index contributed by atoms with van der Waals surface area (Å²) in [6.07, 6.45) is 4.40. The maximum absolute atomic E-state index is 13.4. The number of carbonyl (C=O) groups is 1. The lowest BCUT2D eigenvalue weighted by Gasteiger charge is -2.21. The van der Waals surface area contributed by atoms with Gasteiger partial charge in [-0.05, 0) is 30.2 Å². The van der Waals surface area contributed by atoms with Gasteiger partial charge < -0.3 is 9.64 Å². The Morgan fingerprint density at radius 1 is 1.28 bits per heavy atom. The van der Waals surface area contributed by atoms with E-state index in [-0.39, 0.29) is 31.1 Å². The van der Waals surface area contributed by atoms with Gasteiger partial charge in [-0.1, -0.05) is 18.2 Å². The van der Waals surface area contributed by atoms with Crippen LogP contribution in [0.2, 0.25) is 0 Å². The lowest BCUT2D eigenvalue weighted by Crippen LogP contribution is -2.31. The van der Waals surface area contributed by atoms with Crippen molar-refractivity contribution in [2.45, 2.75) is 25.8 Å². The maximum Gasteiger partial charge on any atom is 0.223 e. The van der Waals surface area contributed by atoms with E-state index in [1.54, 1.807) is 35.5 Å². The van der Waals surface area contributed by atoms with E-state index in [4.69, 9.17) is 10.00 Å². The number of pyridine rings is 1. The zero-order valence-electron chi connectivity index (χ0n) is 13.9. The average molecular weight is 341 g/mol. The van der Waals surface area contributed by atoms with Crippen LogP contribution in [0.15, 0.2) is 48.8 Å². The number of benzene rings is 1. The molecule has 130 valence electrons. The predicted octanol–water partition coefficient (Wildman–Crippen LogP) is 3.32. The van der Waals surface area contributed by atoms with E-state index >= 15 is 0 Å². The van der Waals surface area contributed by atoms with Crippen molar-refractivity contribution >= 4 is 5.91 Å². The van der Waals surface area contributed by atoms with Crippen LogP contribution < -0.4 is 4.74 Å². The van der Waals surface area contributed by atoms with Crippen LogP contribution in [0.4, 0.5) is 4.39 Å². The largest absolute Gasteiger partial charge is 0.491 e. The van der Waals surface area contributed by atoms with Gasteiger partial charge in [0.2, 0.25) is 5.91 Å². The second-order valence-electron chi connectivity index (χ2n) is 5.47. The monoisotopic (exact) mass is 341 g/mol. The van der Waals surface area contributed by atoms with Crippen molar-refractivity contribution in [1.82, 2.24) is 9.88 Å². The Morgan fingerprint density at radius 2 is 2.12 bits per heavy atom. The molecular formula is C19H20FN3O2. The molecular weight excluding hydrogens is 321 g/mol. The van der Waals surface area contributed by atoms with Crippen LogP contribution in [0.25, 0.3) is 0 Å². The molecule has 1 amide bonds. The SMILES string of the molecule is N#CCCN(Cc1cccnc1)C(=O)CCCOc1ccccc1F. The molecule has 0 bridgehead atoms. The van der Waals surface area contributed by atoms with Gasteiger partial charge in [0.05, 0.1) is 19.1 Å². The summed E-state index contributed by atoms with van der Waals surface area (Å²) in [5, 5.41) is 8.77.